The maximum atomic E-state index is 13.4. The second-order valence-corrected chi connectivity index (χ2v) is 3.94. The molecule has 1 N–H and O–H groups in total. The van der Waals surface area contributed by atoms with E-state index in [1.54, 1.807) is 0 Å². The van der Waals surface area contributed by atoms with Gasteiger partial charge < -0.3 is 10.1 Å². The molecule has 2 aromatic rings. The van der Waals surface area contributed by atoms with Crippen LogP contribution >= 0.6 is 0 Å². The van der Waals surface area contributed by atoms with E-state index in [1.807, 2.05) is 0 Å². The topological polar surface area (TPSA) is 68.3 Å². The normalized spacial score (nSPS) is 10.3. The molecular weight excluding hydrogens is 270 g/mol. The van der Waals surface area contributed by atoms with Gasteiger partial charge in [0.05, 0.1) is 12.7 Å². The number of benzene rings is 1. The van der Waals surface area contributed by atoms with Gasteiger partial charge >= 0.3 is 5.97 Å². The summed E-state index contributed by atoms with van der Waals surface area (Å²) in [7, 11) is 1.19. The van der Waals surface area contributed by atoms with Gasteiger partial charge in [0.15, 0.2) is 5.82 Å². The number of pyridine rings is 1. The van der Waals surface area contributed by atoms with E-state index in [9.17, 15) is 18.4 Å². The van der Waals surface area contributed by atoms with Crippen LogP contribution in [0.3, 0.4) is 0 Å². The molecule has 5 nitrogen and oxygen atoms in total. The molecule has 0 fully saturated rings. The molecule has 1 aromatic heterocycles. The lowest BCUT2D eigenvalue weighted by Crippen LogP contribution is -2.30. The fourth-order valence-electron chi connectivity index (χ4n) is 1.62. The van der Waals surface area contributed by atoms with Gasteiger partial charge in [-0.25, -0.2) is 8.78 Å². The van der Waals surface area contributed by atoms with Crippen molar-refractivity contribution in [2.24, 2.45) is 0 Å². The van der Waals surface area contributed by atoms with Gasteiger partial charge in [0.1, 0.15) is 17.9 Å². The number of nitrogens with zero attached hydrogens (tertiary/aromatic N) is 1. The SMILES string of the molecule is COC(=O)CNC(=O)c1cnc2c(F)cc(F)cc2c1. The van der Waals surface area contributed by atoms with E-state index in [1.165, 1.54) is 13.2 Å². The Hall–Kier alpha value is -2.57. The number of carbonyl (C=O) groups is 2. The monoisotopic (exact) mass is 280 g/mol. The molecule has 0 aliphatic carbocycles. The Bertz CT molecular complexity index is 689. The number of fused-ring (bicyclic) bond motifs is 1. The van der Waals surface area contributed by atoms with E-state index < -0.39 is 23.5 Å². The molecule has 1 heterocycles. The largest absolute Gasteiger partial charge is 0.468 e. The standard InChI is InChI=1S/C13H10F2N2O3/c1-20-11(18)6-17-13(19)8-2-7-3-9(14)4-10(15)12(7)16-5-8/h2-5H,6H2,1H3,(H,17,19). The molecule has 0 spiro atoms. The Morgan fingerprint density at radius 2 is 2.05 bits per heavy atom. The number of nitrogens with one attached hydrogen (secondary N) is 1. The highest BCUT2D eigenvalue weighted by Crippen LogP contribution is 2.18. The average Bonchev–Trinajstić information content (AvgIpc) is 2.43. The van der Waals surface area contributed by atoms with Gasteiger partial charge in [-0.3, -0.25) is 14.6 Å². The lowest BCUT2D eigenvalue weighted by atomic mass is 10.1. The molecule has 0 saturated carbocycles. The number of carbonyl (C=O) groups excluding carboxylic acids is 2. The molecule has 0 aliphatic rings. The summed E-state index contributed by atoms with van der Waals surface area (Å²) in [5.74, 6) is -2.76. The average molecular weight is 280 g/mol. The van der Waals surface area contributed by atoms with Gasteiger partial charge in [-0.05, 0) is 12.1 Å². The number of amides is 1. The van der Waals surface area contributed by atoms with Gasteiger partial charge in [-0.15, -0.1) is 0 Å². The van der Waals surface area contributed by atoms with Crippen molar-refractivity contribution in [2.45, 2.75) is 0 Å². The molecule has 0 radical (unpaired) electrons. The zero-order chi connectivity index (χ0) is 14.7. The fraction of sp³-hybridized carbons (Fsp3) is 0.154. The summed E-state index contributed by atoms with van der Waals surface area (Å²) in [5, 5.41) is 2.46. The number of hydrogen-bond acceptors (Lipinski definition) is 4. The van der Waals surface area contributed by atoms with Gasteiger partial charge in [0, 0.05) is 17.6 Å². The molecule has 2 rings (SSSR count). The van der Waals surface area contributed by atoms with Crippen molar-refractivity contribution in [1.29, 1.82) is 0 Å². The van der Waals surface area contributed by atoms with Crippen LogP contribution in [-0.2, 0) is 9.53 Å². The predicted molar refractivity (Wildman–Crippen MR) is 66.0 cm³/mol. The van der Waals surface area contributed by atoms with E-state index in [2.05, 4.69) is 15.0 Å². The Morgan fingerprint density at radius 3 is 2.75 bits per heavy atom. The van der Waals surface area contributed by atoms with Crippen molar-refractivity contribution in [2.75, 3.05) is 13.7 Å². The number of rotatable bonds is 3. The van der Waals surface area contributed by atoms with Gasteiger partial charge in [-0.2, -0.15) is 0 Å². The van der Waals surface area contributed by atoms with Crippen molar-refractivity contribution in [3.05, 3.63) is 41.6 Å². The quantitative estimate of drug-likeness (QED) is 0.863. The highest BCUT2D eigenvalue weighted by molar-refractivity contribution is 5.98. The minimum absolute atomic E-state index is 0.0316. The molecule has 104 valence electrons. The van der Waals surface area contributed by atoms with Crippen molar-refractivity contribution < 1.29 is 23.1 Å². The van der Waals surface area contributed by atoms with Crippen LogP contribution in [0.25, 0.3) is 10.9 Å². The maximum absolute atomic E-state index is 13.4. The third-order valence-corrected chi connectivity index (χ3v) is 2.58. The van der Waals surface area contributed by atoms with E-state index in [0.717, 1.165) is 12.3 Å². The van der Waals surface area contributed by atoms with E-state index in [0.29, 0.717) is 6.07 Å². The number of aromatic nitrogens is 1. The van der Waals surface area contributed by atoms with E-state index in [-0.39, 0.29) is 23.0 Å². The number of hydrogen-bond donors (Lipinski definition) is 1. The lowest BCUT2D eigenvalue weighted by Gasteiger charge is -2.05. The van der Waals surface area contributed by atoms with Crippen LogP contribution in [0.15, 0.2) is 24.4 Å². The van der Waals surface area contributed by atoms with E-state index in [4.69, 9.17) is 0 Å². The summed E-state index contributed by atoms with van der Waals surface area (Å²) in [6.07, 6.45) is 1.15. The van der Waals surface area contributed by atoms with Gasteiger partial charge in [0.2, 0.25) is 0 Å². The molecule has 0 atom stereocenters. The first-order valence-electron chi connectivity index (χ1n) is 5.61. The zero-order valence-corrected chi connectivity index (χ0v) is 10.4. The lowest BCUT2D eigenvalue weighted by molar-refractivity contribution is -0.139. The molecule has 0 bridgehead atoms. The Morgan fingerprint density at radius 1 is 1.30 bits per heavy atom. The van der Waals surface area contributed by atoms with Crippen LogP contribution in [-0.4, -0.2) is 30.5 Å². The second-order valence-electron chi connectivity index (χ2n) is 3.94. The summed E-state index contributed by atoms with van der Waals surface area (Å²) in [5.41, 5.74) is 0.0577. The molecular formula is C13H10F2N2O3. The molecule has 7 heteroatoms. The van der Waals surface area contributed by atoms with Crippen molar-refractivity contribution in [3.63, 3.8) is 0 Å². The van der Waals surface area contributed by atoms with E-state index >= 15 is 0 Å². The first kappa shape index (κ1) is 13.9. The first-order valence-corrected chi connectivity index (χ1v) is 5.61. The third-order valence-electron chi connectivity index (χ3n) is 2.58. The van der Waals surface area contributed by atoms with Crippen molar-refractivity contribution in [1.82, 2.24) is 10.3 Å². The summed E-state index contributed by atoms with van der Waals surface area (Å²) in [6, 6.07) is 3.08. The minimum atomic E-state index is -0.804. The highest BCUT2D eigenvalue weighted by Gasteiger charge is 2.11. The second kappa shape index (κ2) is 5.60. The molecule has 0 saturated heterocycles. The molecule has 1 amide bonds. The minimum Gasteiger partial charge on any atom is -0.468 e. The molecule has 20 heavy (non-hydrogen) atoms. The molecule has 0 aliphatic heterocycles. The summed E-state index contributed by atoms with van der Waals surface area (Å²) in [6.45, 7) is -0.301. The highest BCUT2D eigenvalue weighted by atomic mass is 19.1. The van der Waals surface area contributed by atoms with Gasteiger partial charge in [-0.1, -0.05) is 0 Å². The van der Waals surface area contributed by atoms with Crippen molar-refractivity contribution in [3.8, 4) is 0 Å². The zero-order valence-electron chi connectivity index (χ0n) is 10.4. The third kappa shape index (κ3) is 2.87. The number of ether oxygens (including phenoxy) is 1. The van der Waals surface area contributed by atoms with Crippen LogP contribution in [0.5, 0.6) is 0 Å². The Balaban J connectivity index is 2.27. The van der Waals surface area contributed by atoms with Crippen molar-refractivity contribution >= 4 is 22.8 Å². The van der Waals surface area contributed by atoms with Crippen LogP contribution in [0.1, 0.15) is 10.4 Å². The number of halogens is 2. The molecule has 1 aromatic carbocycles. The summed E-state index contributed by atoms with van der Waals surface area (Å²) in [4.78, 5) is 26.4. The smallest absolute Gasteiger partial charge is 0.325 e. The maximum Gasteiger partial charge on any atom is 0.325 e. The van der Waals surface area contributed by atoms with Crippen LogP contribution in [0.2, 0.25) is 0 Å². The number of methoxy groups -OCH3 is 1. The number of esters is 1. The van der Waals surface area contributed by atoms with Crippen LogP contribution in [0, 0.1) is 11.6 Å². The summed E-state index contributed by atoms with van der Waals surface area (Å²) < 4.78 is 30.9. The predicted octanol–water partition coefficient (Wildman–Crippen LogP) is 1.42. The Kier molecular flexibility index (Phi) is 3.88. The molecule has 0 unspecified atom stereocenters. The van der Waals surface area contributed by atoms with Crippen LogP contribution in [0.4, 0.5) is 8.78 Å². The Labute approximate surface area is 112 Å². The first-order chi connectivity index (χ1) is 9.51. The fourth-order valence-corrected chi connectivity index (χ4v) is 1.62. The summed E-state index contributed by atoms with van der Waals surface area (Å²) >= 11 is 0. The van der Waals surface area contributed by atoms with Gasteiger partial charge in [0.25, 0.3) is 5.91 Å². The van der Waals surface area contributed by atoms with Crippen LogP contribution < -0.4 is 5.32 Å².